The maximum absolute atomic E-state index is 11.5. The van der Waals surface area contributed by atoms with Crippen molar-refractivity contribution in [2.75, 3.05) is 37.0 Å². The number of aldehydes is 1. The zero-order valence-electron chi connectivity index (χ0n) is 15.5. The highest BCUT2D eigenvalue weighted by molar-refractivity contribution is 6.10. The lowest BCUT2D eigenvalue weighted by molar-refractivity contribution is 0.112. The minimum absolute atomic E-state index is 0.767. The summed E-state index contributed by atoms with van der Waals surface area (Å²) in [4.78, 5) is 16.1. The van der Waals surface area contributed by atoms with Gasteiger partial charge in [0.25, 0.3) is 0 Å². The molecule has 0 aliphatic carbocycles. The SMILES string of the molecule is CCCCN(CCCC)c1cccc2c(C=O)ccc(N(C)C)c12. The number of fused-ring (bicyclic) bond motifs is 1. The number of carbonyl (C=O) groups excluding carboxylic acids is 1. The van der Waals surface area contributed by atoms with Crippen molar-refractivity contribution in [2.24, 2.45) is 0 Å². The molecule has 0 amide bonds. The van der Waals surface area contributed by atoms with E-state index in [1.54, 1.807) is 0 Å². The monoisotopic (exact) mass is 326 g/mol. The van der Waals surface area contributed by atoms with Gasteiger partial charge in [-0.3, -0.25) is 4.79 Å². The quantitative estimate of drug-likeness (QED) is 0.597. The van der Waals surface area contributed by atoms with Gasteiger partial charge in [0.2, 0.25) is 0 Å². The third kappa shape index (κ3) is 3.89. The fourth-order valence-electron chi connectivity index (χ4n) is 3.18. The van der Waals surface area contributed by atoms with Crippen LogP contribution < -0.4 is 9.80 Å². The Labute approximate surface area is 146 Å². The standard InChI is InChI=1S/C21H30N2O/c1-5-7-14-23(15-8-6-2)20-11-9-10-18-17(16-24)12-13-19(21(18)20)22(3)4/h9-13,16H,5-8,14-15H2,1-4H3. The fourth-order valence-corrected chi connectivity index (χ4v) is 3.18. The van der Waals surface area contributed by atoms with Gasteiger partial charge in [-0.2, -0.15) is 0 Å². The van der Waals surface area contributed by atoms with Gasteiger partial charge in [-0.15, -0.1) is 0 Å². The van der Waals surface area contributed by atoms with Gasteiger partial charge in [0.05, 0.1) is 0 Å². The first-order valence-electron chi connectivity index (χ1n) is 9.07. The average Bonchev–Trinajstić information content (AvgIpc) is 2.60. The second kappa shape index (κ2) is 8.72. The van der Waals surface area contributed by atoms with Crippen molar-refractivity contribution in [3.63, 3.8) is 0 Å². The van der Waals surface area contributed by atoms with Crippen LogP contribution >= 0.6 is 0 Å². The Bertz CT molecular complexity index is 671. The first kappa shape index (κ1) is 18.3. The predicted octanol–water partition coefficient (Wildman–Crippen LogP) is 5.12. The van der Waals surface area contributed by atoms with Crippen LogP contribution in [0.2, 0.25) is 0 Å². The van der Waals surface area contributed by atoms with E-state index in [4.69, 9.17) is 0 Å². The Morgan fingerprint density at radius 3 is 2.12 bits per heavy atom. The molecule has 0 radical (unpaired) electrons. The molecule has 3 nitrogen and oxygen atoms in total. The maximum atomic E-state index is 11.5. The van der Waals surface area contributed by atoms with E-state index in [0.717, 1.165) is 30.3 Å². The number of hydrogen-bond acceptors (Lipinski definition) is 3. The van der Waals surface area contributed by atoms with Crippen LogP contribution in [-0.4, -0.2) is 33.5 Å². The van der Waals surface area contributed by atoms with Crippen LogP contribution in [0.4, 0.5) is 11.4 Å². The number of nitrogens with zero attached hydrogens (tertiary/aromatic N) is 2. The number of carbonyl (C=O) groups is 1. The van der Waals surface area contributed by atoms with Crippen LogP contribution in [0, 0.1) is 0 Å². The summed E-state index contributed by atoms with van der Waals surface area (Å²) in [6.07, 6.45) is 5.71. The smallest absolute Gasteiger partial charge is 0.150 e. The molecule has 0 spiro atoms. The Morgan fingerprint density at radius 1 is 0.917 bits per heavy atom. The van der Waals surface area contributed by atoms with Gasteiger partial charge in [0.1, 0.15) is 0 Å². The molecule has 0 heterocycles. The summed E-state index contributed by atoms with van der Waals surface area (Å²) in [5.41, 5.74) is 3.19. The first-order valence-corrected chi connectivity index (χ1v) is 9.07. The summed E-state index contributed by atoms with van der Waals surface area (Å²) in [7, 11) is 4.13. The number of hydrogen-bond donors (Lipinski definition) is 0. The second-order valence-corrected chi connectivity index (χ2v) is 6.58. The van der Waals surface area contributed by atoms with Crippen molar-refractivity contribution in [2.45, 2.75) is 39.5 Å². The summed E-state index contributed by atoms with van der Waals surface area (Å²) in [5, 5.41) is 2.24. The van der Waals surface area contributed by atoms with E-state index in [-0.39, 0.29) is 0 Å². The molecule has 0 bridgehead atoms. The minimum atomic E-state index is 0.767. The molecule has 0 unspecified atom stereocenters. The highest BCUT2D eigenvalue weighted by atomic mass is 16.1. The maximum Gasteiger partial charge on any atom is 0.150 e. The van der Waals surface area contributed by atoms with Gasteiger partial charge in [-0.25, -0.2) is 0 Å². The molecule has 130 valence electrons. The zero-order chi connectivity index (χ0) is 17.5. The number of rotatable bonds is 9. The van der Waals surface area contributed by atoms with Crippen molar-refractivity contribution < 1.29 is 4.79 Å². The molecule has 0 saturated carbocycles. The highest BCUT2D eigenvalue weighted by Gasteiger charge is 2.15. The summed E-state index contributed by atoms with van der Waals surface area (Å²) in [6.45, 7) is 6.59. The van der Waals surface area contributed by atoms with Crippen LogP contribution in [0.15, 0.2) is 30.3 Å². The molecular formula is C21H30N2O. The summed E-state index contributed by atoms with van der Waals surface area (Å²) < 4.78 is 0. The number of anilines is 2. The van der Waals surface area contributed by atoms with E-state index in [2.05, 4.69) is 62.0 Å². The first-order chi connectivity index (χ1) is 11.6. The van der Waals surface area contributed by atoms with Crippen molar-refractivity contribution >= 4 is 28.4 Å². The van der Waals surface area contributed by atoms with Crippen molar-refractivity contribution in [1.82, 2.24) is 0 Å². The Kier molecular flexibility index (Phi) is 6.65. The van der Waals surface area contributed by atoms with E-state index >= 15 is 0 Å². The van der Waals surface area contributed by atoms with Gasteiger partial charge in [-0.1, -0.05) is 38.8 Å². The van der Waals surface area contributed by atoms with Crippen molar-refractivity contribution in [3.05, 3.63) is 35.9 Å². The van der Waals surface area contributed by atoms with Gasteiger partial charge in [0, 0.05) is 49.5 Å². The van der Waals surface area contributed by atoms with Gasteiger partial charge < -0.3 is 9.80 Å². The van der Waals surface area contributed by atoms with Crippen molar-refractivity contribution in [1.29, 1.82) is 0 Å². The van der Waals surface area contributed by atoms with Gasteiger partial charge in [0.15, 0.2) is 6.29 Å². The van der Waals surface area contributed by atoms with Crippen LogP contribution in [0.3, 0.4) is 0 Å². The lowest BCUT2D eigenvalue weighted by Crippen LogP contribution is -2.26. The van der Waals surface area contributed by atoms with E-state index in [9.17, 15) is 4.79 Å². The van der Waals surface area contributed by atoms with Gasteiger partial charge >= 0.3 is 0 Å². The Morgan fingerprint density at radius 2 is 1.58 bits per heavy atom. The van der Waals surface area contributed by atoms with Crippen molar-refractivity contribution in [3.8, 4) is 0 Å². The molecular weight excluding hydrogens is 296 g/mol. The third-order valence-corrected chi connectivity index (χ3v) is 4.54. The molecule has 0 aromatic heterocycles. The lowest BCUT2D eigenvalue weighted by Gasteiger charge is -2.28. The zero-order valence-corrected chi connectivity index (χ0v) is 15.5. The topological polar surface area (TPSA) is 23.6 Å². The molecule has 24 heavy (non-hydrogen) atoms. The number of benzene rings is 2. The molecule has 0 N–H and O–H groups in total. The molecule has 0 atom stereocenters. The highest BCUT2D eigenvalue weighted by Crippen LogP contribution is 2.36. The third-order valence-electron chi connectivity index (χ3n) is 4.54. The Balaban J connectivity index is 2.64. The fraction of sp³-hybridized carbons (Fsp3) is 0.476. The largest absolute Gasteiger partial charge is 0.377 e. The normalized spacial score (nSPS) is 10.8. The molecule has 0 fully saturated rings. The molecule has 2 aromatic carbocycles. The van der Waals surface area contributed by atoms with Crippen LogP contribution in [0.1, 0.15) is 49.9 Å². The second-order valence-electron chi connectivity index (χ2n) is 6.58. The Hall–Kier alpha value is -2.03. The molecule has 2 rings (SSSR count). The van der Waals surface area contributed by atoms with Crippen LogP contribution in [0.25, 0.3) is 10.8 Å². The lowest BCUT2D eigenvalue weighted by atomic mass is 10.00. The summed E-state index contributed by atoms with van der Waals surface area (Å²) >= 11 is 0. The van der Waals surface area contributed by atoms with Crippen LogP contribution in [0.5, 0.6) is 0 Å². The molecule has 0 aliphatic heterocycles. The van der Waals surface area contributed by atoms with E-state index in [1.807, 2.05) is 6.07 Å². The summed E-state index contributed by atoms with van der Waals surface area (Å²) in [6, 6.07) is 10.3. The molecule has 0 aliphatic rings. The van der Waals surface area contributed by atoms with Crippen LogP contribution in [-0.2, 0) is 0 Å². The number of unbranched alkanes of at least 4 members (excludes halogenated alkanes) is 2. The molecule has 0 saturated heterocycles. The minimum Gasteiger partial charge on any atom is -0.377 e. The van der Waals surface area contributed by atoms with E-state index < -0.39 is 0 Å². The van der Waals surface area contributed by atoms with Gasteiger partial charge in [-0.05, 0) is 36.4 Å². The summed E-state index contributed by atoms with van der Waals surface area (Å²) in [5.74, 6) is 0. The van der Waals surface area contributed by atoms with E-state index in [0.29, 0.717) is 0 Å². The molecule has 3 heteroatoms. The predicted molar refractivity (Wildman–Crippen MR) is 106 cm³/mol. The average molecular weight is 326 g/mol. The van der Waals surface area contributed by atoms with E-state index in [1.165, 1.54) is 42.4 Å². The molecule has 2 aromatic rings.